The molecule has 5 atom stereocenters. The van der Waals surface area contributed by atoms with E-state index in [4.69, 9.17) is 0 Å². The van der Waals surface area contributed by atoms with Gasteiger partial charge in [0.2, 0.25) is 0 Å². The molecule has 0 amide bonds. The first-order chi connectivity index (χ1) is 9.95. The van der Waals surface area contributed by atoms with Crippen LogP contribution in [-0.4, -0.2) is 22.3 Å². The summed E-state index contributed by atoms with van der Waals surface area (Å²) >= 11 is 0. The number of rotatable bonds is 0. The van der Waals surface area contributed by atoms with Crippen molar-refractivity contribution in [3.63, 3.8) is 0 Å². The minimum absolute atomic E-state index is 0.00943. The zero-order valence-electron chi connectivity index (χ0n) is 12.5. The predicted molar refractivity (Wildman–Crippen MR) is 78.5 cm³/mol. The molecule has 0 spiro atoms. The molecule has 21 heavy (non-hydrogen) atoms. The van der Waals surface area contributed by atoms with Crippen LogP contribution >= 0.6 is 0 Å². The van der Waals surface area contributed by atoms with Gasteiger partial charge in [-0.3, -0.25) is 9.59 Å². The highest BCUT2D eigenvalue weighted by molar-refractivity contribution is 6.01. The van der Waals surface area contributed by atoms with Crippen molar-refractivity contribution >= 4 is 11.6 Å². The summed E-state index contributed by atoms with van der Waals surface area (Å²) in [6.07, 6.45) is 10.1. The lowest BCUT2D eigenvalue weighted by atomic mass is 9.51. The minimum atomic E-state index is -0.941. The van der Waals surface area contributed by atoms with Crippen molar-refractivity contribution in [1.29, 1.82) is 0 Å². The van der Waals surface area contributed by atoms with Crippen LogP contribution in [0.5, 0.6) is 0 Å². The van der Waals surface area contributed by atoms with Crippen LogP contribution in [0.25, 0.3) is 0 Å². The van der Waals surface area contributed by atoms with Crippen molar-refractivity contribution in [2.75, 3.05) is 0 Å². The van der Waals surface area contributed by atoms with Gasteiger partial charge in [0.05, 0.1) is 0 Å². The lowest BCUT2D eigenvalue weighted by Gasteiger charge is -2.54. The highest BCUT2D eigenvalue weighted by Gasteiger charge is 2.59. The van der Waals surface area contributed by atoms with Gasteiger partial charge in [0.15, 0.2) is 5.78 Å². The Bertz CT molecular complexity index is 587. The van der Waals surface area contributed by atoms with Crippen LogP contribution < -0.4 is 0 Å². The van der Waals surface area contributed by atoms with Crippen LogP contribution in [0.1, 0.15) is 45.4 Å². The smallest absolute Gasteiger partial charge is 0.178 e. The average molecular weight is 286 g/mol. The first-order valence-electron chi connectivity index (χ1n) is 8.15. The molecule has 1 N–H and O–H groups in total. The van der Waals surface area contributed by atoms with Crippen molar-refractivity contribution in [2.24, 2.45) is 23.2 Å². The van der Waals surface area contributed by atoms with E-state index in [0.29, 0.717) is 24.0 Å². The summed E-state index contributed by atoms with van der Waals surface area (Å²) in [6.45, 7) is 2.14. The van der Waals surface area contributed by atoms with Gasteiger partial charge in [0, 0.05) is 11.8 Å². The molecule has 0 radical (unpaired) electrons. The molecular weight excluding hydrogens is 264 g/mol. The number of fused-ring (bicyclic) bond motifs is 5. The van der Waals surface area contributed by atoms with Crippen LogP contribution in [0.3, 0.4) is 0 Å². The van der Waals surface area contributed by atoms with E-state index < -0.39 is 5.60 Å². The van der Waals surface area contributed by atoms with Crippen molar-refractivity contribution < 1.29 is 14.7 Å². The fourth-order valence-electron chi connectivity index (χ4n) is 5.62. The topological polar surface area (TPSA) is 54.4 Å². The van der Waals surface area contributed by atoms with Crippen LogP contribution in [0.2, 0.25) is 0 Å². The summed E-state index contributed by atoms with van der Waals surface area (Å²) in [5, 5.41) is 11.2. The summed E-state index contributed by atoms with van der Waals surface area (Å²) in [4.78, 5) is 23.9. The molecule has 0 bridgehead atoms. The largest absolute Gasteiger partial charge is 0.381 e. The highest BCUT2D eigenvalue weighted by Crippen LogP contribution is 2.60. The number of aliphatic hydroxyl groups is 1. The molecule has 4 rings (SSSR count). The lowest BCUT2D eigenvalue weighted by molar-refractivity contribution is -0.134. The van der Waals surface area contributed by atoms with Gasteiger partial charge in [0.1, 0.15) is 11.4 Å². The molecule has 0 aromatic heterocycles. The summed E-state index contributed by atoms with van der Waals surface area (Å²) in [5.74, 6) is 1.42. The Hall–Kier alpha value is -1.22. The first kappa shape index (κ1) is 13.4. The normalized spacial score (nSPS) is 48.5. The maximum absolute atomic E-state index is 12.3. The Kier molecular flexibility index (Phi) is 2.66. The molecule has 0 aromatic carbocycles. The number of Topliss-reactive ketones (excluding diaryl/α,β-unsaturated/α-hetero) is 1. The number of carbonyl (C=O) groups is 2. The molecule has 112 valence electrons. The van der Waals surface area contributed by atoms with E-state index in [1.54, 1.807) is 12.2 Å². The molecular formula is C18H22O3. The number of carbonyl (C=O) groups excluding carboxylic acids is 2. The zero-order valence-corrected chi connectivity index (χ0v) is 12.5. The SMILES string of the molecule is C[C@]12CC[C@H]3[C@@H](CCC4=CC(=O)C=C[C@@]43O)[C@@H]1CCC2=O. The molecule has 3 heteroatoms. The Labute approximate surface area is 125 Å². The van der Waals surface area contributed by atoms with Gasteiger partial charge in [-0.25, -0.2) is 0 Å². The minimum Gasteiger partial charge on any atom is -0.381 e. The van der Waals surface area contributed by atoms with E-state index in [1.807, 2.05) is 0 Å². The molecule has 0 aromatic rings. The Balaban J connectivity index is 1.72. The fourth-order valence-corrected chi connectivity index (χ4v) is 5.62. The fraction of sp³-hybridized carbons (Fsp3) is 0.667. The van der Waals surface area contributed by atoms with Gasteiger partial charge >= 0.3 is 0 Å². The molecule has 4 aliphatic carbocycles. The third-order valence-electron chi connectivity index (χ3n) is 6.79. The van der Waals surface area contributed by atoms with Gasteiger partial charge in [0.25, 0.3) is 0 Å². The van der Waals surface area contributed by atoms with Crippen LogP contribution in [0, 0.1) is 23.2 Å². The quantitative estimate of drug-likeness (QED) is 0.744. The second-order valence-corrected chi connectivity index (χ2v) is 7.56. The van der Waals surface area contributed by atoms with Crippen LogP contribution in [0.15, 0.2) is 23.8 Å². The maximum Gasteiger partial charge on any atom is 0.178 e. The second kappa shape index (κ2) is 4.16. The molecule has 4 aliphatic rings. The van der Waals surface area contributed by atoms with E-state index in [1.165, 1.54) is 6.08 Å². The van der Waals surface area contributed by atoms with Gasteiger partial charge in [-0.1, -0.05) is 6.92 Å². The van der Waals surface area contributed by atoms with Crippen LogP contribution in [0.4, 0.5) is 0 Å². The Morgan fingerprint density at radius 2 is 1.95 bits per heavy atom. The Morgan fingerprint density at radius 1 is 1.14 bits per heavy atom. The van der Waals surface area contributed by atoms with E-state index in [-0.39, 0.29) is 17.1 Å². The van der Waals surface area contributed by atoms with E-state index >= 15 is 0 Å². The molecule has 3 saturated carbocycles. The van der Waals surface area contributed by atoms with E-state index in [2.05, 4.69) is 6.92 Å². The van der Waals surface area contributed by atoms with Crippen molar-refractivity contribution in [2.45, 2.75) is 51.0 Å². The summed E-state index contributed by atoms with van der Waals surface area (Å²) in [6, 6.07) is 0. The zero-order chi connectivity index (χ0) is 14.8. The summed E-state index contributed by atoms with van der Waals surface area (Å²) in [5.41, 5.74) is -0.208. The molecule has 0 saturated heterocycles. The summed E-state index contributed by atoms with van der Waals surface area (Å²) < 4.78 is 0. The summed E-state index contributed by atoms with van der Waals surface area (Å²) in [7, 11) is 0. The van der Waals surface area contributed by atoms with Gasteiger partial charge < -0.3 is 5.11 Å². The van der Waals surface area contributed by atoms with Gasteiger partial charge in [-0.15, -0.1) is 0 Å². The number of hydrogen-bond donors (Lipinski definition) is 1. The molecule has 0 aliphatic heterocycles. The number of allylic oxidation sites excluding steroid dienone is 2. The van der Waals surface area contributed by atoms with Gasteiger partial charge in [-0.2, -0.15) is 0 Å². The molecule has 3 nitrogen and oxygen atoms in total. The Morgan fingerprint density at radius 3 is 2.76 bits per heavy atom. The molecule has 0 unspecified atom stereocenters. The first-order valence-corrected chi connectivity index (χ1v) is 8.15. The average Bonchev–Trinajstić information content (AvgIpc) is 2.76. The monoisotopic (exact) mass is 286 g/mol. The van der Waals surface area contributed by atoms with Gasteiger partial charge in [-0.05, 0) is 73.7 Å². The maximum atomic E-state index is 12.3. The second-order valence-electron chi connectivity index (χ2n) is 7.56. The van der Waals surface area contributed by atoms with E-state index in [0.717, 1.165) is 37.7 Å². The molecule has 0 heterocycles. The van der Waals surface area contributed by atoms with Crippen molar-refractivity contribution in [1.82, 2.24) is 0 Å². The third-order valence-corrected chi connectivity index (χ3v) is 6.79. The standard InChI is InChI=1S/C18H22O3/c1-17-8-7-15-13(14(17)4-5-16(17)20)3-2-11-10-12(19)6-9-18(11,15)21/h6,9-10,13-15,21H,2-5,7-8H2,1H3/t13-,14-,15-,17-,18+/m0/s1. The lowest BCUT2D eigenvalue weighted by Crippen LogP contribution is -2.54. The van der Waals surface area contributed by atoms with Crippen LogP contribution in [-0.2, 0) is 9.59 Å². The number of hydrogen-bond acceptors (Lipinski definition) is 3. The van der Waals surface area contributed by atoms with Crippen molar-refractivity contribution in [3.8, 4) is 0 Å². The molecule has 3 fully saturated rings. The third kappa shape index (κ3) is 1.64. The number of ketones is 2. The predicted octanol–water partition coefficient (Wildman–Crippen LogP) is 2.59. The van der Waals surface area contributed by atoms with E-state index in [9.17, 15) is 14.7 Å². The van der Waals surface area contributed by atoms with Crippen molar-refractivity contribution in [3.05, 3.63) is 23.8 Å². The highest BCUT2D eigenvalue weighted by atomic mass is 16.3.